The Morgan fingerprint density at radius 1 is 1.44 bits per heavy atom. The number of nitrogens with zero attached hydrogens (tertiary/aromatic N) is 2. The van der Waals surface area contributed by atoms with Crippen LogP contribution in [-0.2, 0) is 11.2 Å². The second-order valence-electron chi connectivity index (χ2n) is 4.80. The van der Waals surface area contributed by atoms with E-state index in [1.54, 1.807) is 11.9 Å². The molecular formula is C14H15BrN2O. The lowest BCUT2D eigenvalue weighted by Crippen LogP contribution is -2.34. The lowest BCUT2D eigenvalue weighted by molar-refractivity contribution is -0.133. The second kappa shape index (κ2) is 5.11. The molecule has 1 aromatic carbocycles. The third-order valence-electron chi connectivity index (χ3n) is 3.37. The van der Waals surface area contributed by atoms with Crippen molar-refractivity contribution in [3.05, 3.63) is 34.3 Å². The largest absolute Gasteiger partial charge is 0.344 e. The number of carbonyl (C=O) groups is 1. The molecule has 0 heterocycles. The van der Waals surface area contributed by atoms with E-state index in [9.17, 15) is 4.79 Å². The lowest BCUT2D eigenvalue weighted by Gasteiger charge is -2.19. The number of carbonyl (C=O) groups excluding carboxylic acids is 1. The first-order chi connectivity index (χ1) is 8.57. The fraction of sp³-hybridized carbons (Fsp3) is 0.429. The topological polar surface area (TPSA) is 44.1 Å². The number of nitriles is 1. The normalized spacial score (nSPS) is 15.8. The van der Waals surface area contributed by atoms with Gasteiger partial charge in [0.15, 0.2) is 0 Å². The van der Waals surface area contributed by atoms with Gasteiger partial charge in [0.25, 0.3) is 0 Å². The summed E-state index contributed by atoms with van der Waals surface area (Å²) in [6.45, 7) is 0.657. The maximum Gasteiger partial charge on any atom is 0.242 e. The minimum Gasteiger partial charge on any atom is -0.344 e. The van der Waals surface area contributed by atoms with Gasteiger partial charge in [0, 0.05) is 18.1 Å². The third kappa shape index (κ3) is 2.73. The van der Waals surface area contributed by atoms with Crippen LogP contribution in [0.3, 0.4) is 0 Å². The summed E-state index contributed by atoms with van der Waals surface area (Å²) >= 11 is 3.39. The van der Waals surface area contributed by atoms with E-state index >= 15 is 0 Å². The van der Waals surface area contributed by atoms with E-state index in [1.165, 1.54) is 5.56 Å². The Morgan fingerprint density at radius 3 is 2.56 bits per heavy atom. The molecule has 1 aliphatic rings. The zero-order valence-corrected chi connectivity index (χ0v) is 11.9. The Labute approximate surface area is 116 Å². The molecule has 1 aromatic rings. The quantitative estimate of drug-likeness (QED) is 0.858. The zero-order chi connectivity index (χ0) is 13.2. The van der Waals surface area contributed by atoms with E-state index in [1.807, 2.05) is 24.3 Å². The number of hydrogen-bond acceptors (Lipinski definition) is 2. The van der Waals surface area contributed by atoms with Crippen LogP contribution in [0.1, 0.15) is 18.4 Å². The molecule has 0 radical (unpaired) electrons. The van der Waals surface area contributed by atoms with E-state index in [0.29, 0.717) is 19.4 Å². The van der Waals surface area contributed by atoms with Crippen LogP contribution in [0.15, 0.2) is 28.7 Å². The fourth-order valence-electron chi connectivity index (χ4n) is 1.91. The van der Waals surface area contributed by atoms with E-state index < -0.39 is 5.41 Å². The lowest BCUT2D eigenvalue weighted by atomic mass is 10.1. The van der Waals surface area contributed by atoms with E-state index in [-0.39, 0.29) is 5.91 Å². The molecule has 0 atom stereocenters. The summed E-state index contributed by atoms with van der Waals surface area (Å²) in [5.41, 5.74) is 0.494. The van der Waals surface area contributed by atoms with Gasteiger partial charge in [-0.25, -0.2) is 0 Å². The number of halogens is 1. The van der Waals surface area contributed by atoms with Crippen molar-refractivity contribution in [2.75, 3.05) is 13.6 Å². The summed E-state index contributed by atoms with van der Waals surface area (Å²) in [4.78, 5) is 13.7. The highest BCUT2D eigenvalue weighted by Gasteiger charge is 2.51. The van der Waals surface area contributed by atoms with Crippen molar-refractivity contribution in [3.8, 4) is 6.07 Å². The highest BCUT2D eigenvalue weighted by atomic mass is 79.9. The van der Waals surface area contributed by atoms with Crippen LogP contribution in [0, 0.1) is 16.7 Å². The molecule has 3 nitrogen and oxygen atoms in total. The predicted octanol–water partition coefficient (Wildman–Crippen LogP) is 2.75. The Morgan fingerprint density at radius 2 is 2.06 bits per heavy atom. The van der Waals surface area contributed by atoms with Gasteiger partial charge in [0.1, 0.15) is 5.41 Å². The molecule has 0 aromatic heterocycles. The molecule has 0 bridgehead atoms. The van der Waals surface area contributed by atoms with Gasteiger partial charge in [0.05, 0.1) is 6.07 Å². The molecule has 94 valence electrons. The van der Waals surface area contributed by atoms with Gasteiger partial charge in [-0.2, -0.15) is 5.26 Å². The number of rotatable bonds is 4. The molecule has 0 spiro atoms. The van der Waals surface area contributed by atoms with E-state index in [4.69, 9.17) is 5.26 Å². The number of likely N-dealkylation sites (N-methyl/N-ethyl adjacent to an activating group) is 1. The summed E-state index contributed by atoms with van der Waals surface area (Å²) in [7, 11) is 1.78. The minimum absolute atomic E-state index is 0.0258. The van der Waals surface area contributed by atoms with E-state index in [0.717, 1.165) is 10.9 Å². The number of benzene rings is 1. The van der Waals surface area contributed by atoms with Gasteiger partial charge >= 0.3 is 0 Å². The highest BCUT2D eigenvalue weighted by Crippen LogP contribution is 2.46. The summed E-state index contributed by atoms with van der Waals surface area (Å²) in [5, 5.41) is 8.99. The van der Waals surface area contributed by atoms with Crippen molar-refractivity contribution in [1.82, 2.24) is 4.90 Å². The maximum atomic E-state index is 12.0. The van der Waals surface area contributed by atoms with Crippen molar-refractivity contribution >= 4 is 21.8 Å². The van der Waals surface area contributed by atoms with Gasteiger partial charge in [-0.1, -0.05) is 28.1 Å². The first-order valence-corrected chi connectivity index (χ1v) is 6.78. The van der Waals surface area contributed by atoms with Crippen LogP contribution in [0.25, 0.3) is 0 Å². The van der Waals surface area contributed by atoms with Crippen molar-refractivity contribution in [3.63, 3.8) is 0 Å². The molecule has 2 rings (SSSR count). The van der Waals surface area contributed by atoms with Gasteiger partial charge in [-0.3, -0.25) is 4.79 Å². The van der Waals surface area contributed by atoms with Crippen LogP contribution < -0.4 is 0 Å². The minimum atomic E-state index is -0.700. The van der Waals surface area contributed by atoms with Gasteiger partial charge < -0.3 is 4.90 Å². The van der Waals surface area contributed by atoms with Crippen LogP contribution in [-0.4, -0.2) is 24.4 Å². The molecule has 4 heteroatoms. The molecule has 0 unspecified atom stereocenters. The Hall–Kier alpha value is -1.34. The monoisotopic (exact) mass is 306 g/mol. The van der Waals surface area contributed by atoms with Crippen molar-refractivity contribution in [2.24, 2.45) is 5.41 Å². The Kier molecular flexibility index (Phi) is 3.72. The molecule has 1 amide bonds. The summed E-state index contributed by atoms with van der Waals surface area (Å²) in [6.07, 6.45) is 2.24. The highest BCUT2D eigenvalue weighted by molar-refractivity contribution is 9.10. The average molecular weight is 307 g/mol. The van der Waals surface area contributed by atoms with Crippen LogP contribution in [0.5, 0.6) is 0 Å². The van der Waals surface area contributed by atoms with Crippen LogP contribution in [0.2, 0.25) is 0 Å². The summed E-state index contributed by atoms with van der Waals surface area (Å²) < 4.78 is 1.05. The molecule has 0 N–H and O–H groups in total. The second-order valence-corrected chi connectivity index (χ2v) is 5.71. The maximum absolute atomic E-state index is 12.0. The molecule has 1 saturated carbocycles. The first-order valence-electron chi connectivity index (χ1n) is 5.99. The standard InChI is InChI=1S/C14H15BrN2O/c1-17(13(18)14(10-16)7-8-14)9-6-11-2-4-12(15)5-3-11/h2-5H,6-9H2,1H3. The van der Waals surface area contributed by atoms with Crippen LogP contribution in [0.4, 0.5) is 0 Å². The predicted molar refractivity (Wildman–Crippen MR) is 72.8 cm³/mol. The molecule has 1 fully saturated rings. The zero-order valence-electron chi connectivity index (χ0n) is 10.3. The molecule has 18 heavy (non-hydrogen) atoms. The Balaban J connectivity index is 1.89. The van der Waals surface area contributed by atoms with Crippen molar-refractivity contribution < 1.29 is 4.79 Å². The number of hydrogen-bond donors (Lipinski definition) is 0. The van der Waals surface area contributed by atoms with Crippen molar-refractivity contribution in [2.45, 2.75) is 19.3 Å². The number of amides is 1. The molecule has 0 saturated heterocycles. The SMILES string of the molecule is CN(CCc1ccc(Br)cc1)C(=O)C1(C#N)CC1. The van der Waals surface area contributed by atoms with Gasteiger partial charge in [-0.15, -0.1) is 0 Å². The average Bonchev–Trinajstić information content (AvgIpc) is 3.18. The van der Waals surface area contributed by atoms with Crippen molar-refractivity contribution in [1.29, 1.82) is 5.26 Å². The molecular weight excluding hydrogens is 292 g/mol. The van der Waals surface area contributed by atoms with E-state index in [2.05, 4.69) is 22.0 Å². The van der Waals surface area contributed by atoms with Gasteiger partial charge in [0.2, 0.25) is 5.91 Å². The molecule has 1 aliphatic carbocycles. The summed E-state index contributed by atoms with van der Waals surface area (Å²) in [6, 6.07) is 10.2. The Bertz CT molecular complexity index is 486. The van der Waals surface area contributed by atoms with Gasteiger partial charge in [-0.05, 0) is 37.0 Å². The fourth-order valence-corrected chi connectivity index (χ4v) is 2.18. The smallest absolute Gasteiger partial charge is 0.242 e. The first kappa shape index (κ1) is 13.1. The third-order valence-corrected chi connectivity index (χ3v) is 3.90. The summed E-state index contributed by atoms with van der Waals surface area (Å²) in [5.74, 6) is -0.0258. The molecule has 0 aliphatic heterocycles. The van der Waals surface area contributed by atoms with Crippen LogP contribution >= 0.6 is 15.9 Å².